The van der Waals surface area contributed by atoms with E-state index in [9.17, 15) is 0 Å². The molecule has 0 bridgehead atoms. The van der Waals surface area contributed by atoms with Crippen molar-refractivity contribution in [3.05, 3.63) is 22.4 Å². The van der Waals surface area contributed by atoms with Crippen LogP contribution in [0.4, 0.5) is 0 Å². The zero-order valence-electron chi connectivity index (χ0n) is 9.29. The maximum atomic E-state index is 3.42. The summed E-state index contributed by atoms with van der Waals surface area (Å²) in [5, 5.41) is 7.77. The lowest BCUT2D eigenvalue weighted by Gasteiger charge is -2.17. The van der Waals surface area contributed by atoms with E-state index < -0.39 is 0 Å². The summed E-state index contributed by atoms with van der Waals surface area (Å²) in [7, 11) is 2.17. The van der Waals surface area contributed by atoms with Crippen LogP contribution in [0.25, 0.3) is 0 Å². The smallest absolute Gasteiger partial charge is 0.0239 e. The summed E-state index contributed by atoms with van der Waals surface area (Å²) in [6.45, 7) is 7.59. The highest BCUT2D eigenvalue weighted by Crippen LogP contribution is 2.07. The number of likely N-dealkylation sites (N-methyl/N-ethyl adjacent to an activating group) is 1. The van der Waals surface area contributed by atoms with Gasteiger partial charge in [0.05, 0.1) is 0 Å². The van der Waals surface area contributed by atoms with E-state index in [0.29, 0.717) is 6.04 Å². The van der Waals surface area contributed by atoms with Crippen LogP contribution < -0.4 is 5.32 Å². The molecule has 1 rings (SSSR count). The minimum absolute atomic E-state index is 0.588. The second kappa shape index (κ2) is 6.17. The Morgan fingerprint density at radius 3 is 2.86 bits per heavy atom. The van der Waals surface area contributed by atoms with Gasteiger partial charge in [0, 0.05) is 25.7 Å². The molecule has 80 valence electrons. The minimum atomic E-state index is 0.588. The van der Waals surface area contributed by atoms with Gasteiger partial charge in [-0.1, -0.05) is 13.8 Å². The zero-order valence-corrected chi connectivity index (χ0v) is 10.1. The van der Waals surface area contributed by atoms with Crippen molar-refractivity contribution in [1.29, 1.82) is 0 Å². The lowest BCUT2D eigenvalue weighted by atomic mass is 10.3. The molecule has 0 saturated carbocycles. The van der Waals surface area contributed by atoms with E-state index in [2.05, 4.69) is 47.9 Å². The average molecular weight is 212 g/mol. The van der Waals surface area contributed by atoms with Gasteiger partial charge in [-0.25, -0.2) is 0 Å². The van der Waals surface area contributed by atoms with Crippen LogP contribution in [0.15, 0.2) is 16.8 Å². The van der Waals surface area contributed by atoms with Gasteiger partial charge in [-0.05, 0) is 29.4 Å². The highest BCUT2D eigenvalue weighted by Gasteiger charge is 2.00. The van der Waals surface area contributed by atoms with Crippen molar-refractivity contribution < 1.29 is 0 Å². The fourth-order valence-corrected chi connectivity index (χ4v) is 1.98. The summed E-state index contributed by atoms with van der Waals surface area (Å²) in [5.74, 6) is 0. The molecule has 0 radical (unpaired) electrons. The zero-order chi connectivity index (χ0) is 10.4. The summed E-state index contributed by atoms with van der Waals surface area (Å²) in [4.78, 5) is 2.34. The number of hydrogen-bond acceptors (Lipinski definition) is 3. The van der Waals surface area contributed by atoms with E-state index in [-0.39, 0.29) is 0 Å². The normalized spacial score (nSPS) is 11.5. The fraction of sp³-hybridized carbons (Fsp3) is 0.636. The van der Waals surface area contributed by atoms with Crippen LogP contribution in [0.5, 0.6) is 0 Å². The minimum Gasteiger partial charge on any atom is -0.313 e. The SMILES string of the molecule is CC(C)NCCN(C)Cc1ccsc1. The molecular formula is C11H20N2S. The Morgan fingerprint density at radius 2 is 2.29 bits per heavy atom. The third-order valence-electron chi connectivity index (χ3n) is 2.08. The van der Waals surface area contributed by atoms with E-state index in [1.165, 1.54) is 5.56 Å². The second-order valence-corrected chi connectivity index (χ2v) is 4.76. The maximum Gasteiger partial charge on any atom is 0.0239 e. The van der Waals surface area contributed by atoms with Crippen LogP contribution in [-0.2, 0) is 6.54 Å². The van der Waals surface area contributed by atoms with E-state index in [1.54, 1.807) is 11.3 Å². The largest absolute Gasteiger partial charge is 0.313 e. The predicted molar refractivity (Wildman–Crippen MR) is 63.8 cm³/mol. The van der Waals surface area contributed by atoms with Gasteiger partial charge in [0.1, 0.15) is 0 Å². The molecule has 0 aliphatic carbocycles. The molecular weight excluding hydrogens is 192 g/mol. The van der Waals surface area contributed by atoms with Gasteiger partial charge in [-0.3, -0.25) is 0 Å². The van der Waals surface area contributed by atoms with Crippen LogP contribution in [0, 0.1) is 0 Å². The van der Waals surface area contributed by atoms with Gasteiger partial charge in [-0.15, -0.1) is 0 Å². The van der Waals surface area contributed by atoms with E-state index >= 15 is 0 Å². The molecule has 1 heterocycles. The van der Waals surface area contributed by atoms with Crippen LogP contribution in [-0.4, -0.2) is 31.1 Å². The molecule has 1 aromatic rings. The Hall–Kier alpha value is -0.380. The molecule has 1 N–H and O–H groups in total. The van der Waals surface area contributed by atoms with E-state index in [4.69, 9.17) is 0 Å². The molecule has 0 aliphatic heterocycles. The first-order valence-electron chi connectivity index (χ1n) is 5.11. The fourth-order valence-electron chi connectivity index (χ4n) is 1.32. The van der Waals surface area contributed by atoms with Gasteiger partial charge in [0.15, 0.2) is 0 Å². The van der Waals surface area contributed by atoms with Crippen molar-refractivity contribution in [2.75, 3.05) is 20.1 Å². The Morgan fingerprint density at radius 1 is 1.50 bits per heavy atom. The van der Waals surface area contributed by atoms with Crippen LogP contribution in [0.3, 0.4) is 0 Å². The van der Waals surface area contributed by atoms with Crippen molar-refractivity contribution >= 4 is 11.3 Å². The molecule has 0 saturated heterocycles. The summed E-state index contributed by atoms with van der Waals surface area (Å²) in [5.41, 5.74) is 1.42. The number of thiophene rings is 1. The highest BCUT2D eigenvalue weighted by atomic mass is 32.1. The Kier molecular flexibility index (Phi) is 5.15. The number of hydrogen-bond donors (Lipinski definition) is 1. The monoisotopic (exact) mass is 212 g/mol. The quantitative estimate of drug-likeness (QED) is 0.777. The number of nitrogens with one attached hydrogen (secondary N) is 1. The standard InChI is InChI=1S/C11H20N2S/c1-10(2)12-5-6-13(3)8-11-4-7-14-9-11/h4,7,9-10,12H,5-6,8H2,1-3H3. The molecule has 0 unspecified atom stereocenters. The average Bonchev–Trinajstić information content (AvgIpc) is 2.56. The summed E-state index contributed by atoms with van der Waals surface area (Å²) in [6.07, 6.45) is 0. The topological polar surface area (TPSA) is 15.3 Å². The summed E-state index contributed by atoms with van der Waals surface area (Å²) < 4.78 is 0. The second-order valence-electron chi connectivity index (χ2n) is 3.98. The van der Waals surface area contributed by atoms with Crippen LogP contribution in [0.2, 0.25) is 0 Å². The number of nitrogens with zero attached hydrogens (tertiary/aromatic N) is 1. The molecule has 0 amide bonds. The molecule has 2 nitrogen and oxygen atoms in total. The maximum absolute atomic E-state index is 3.42. The molecule has 0 aliphatic rings. The third-order valence-corrected chi connectivity index (χ3v) is 2.81. The lowest BCUT2D eigenvalue weighted by Crippen LogP contribution is -2.32. The molecule has 0 aromatic carbocycles. The van der Waals surface area contributed by atoms with Gasteiger partial charge in [0.2, 0.25) is 0 Å². The molecule has 14 heavy (non-hydrogen) atoms. The molecule has 0 spiro atoms. The molecule has 3 heteroatoms. The Balaban J connectivity index is 2.13. The number of rotatable bonds is 6. The predicted octanol–water partition coefficient (Wildman–Crippen LogP) is 2.18. The van der Waals surface area contributed by atoms with Gasteiger partial charge < -0.3 is 10.2 Å². The first-order valence-corrected chi connectivity index (χ1v) is 6.06. The highest BCUT2D eigenvalue weighted by molar-refractivity contribution is 7.07. The first kappa shape index (κ1) is 11.7. The van der Waals surface area contributed by atoms with Crippen molar-refractivity contribution in [2.24, 2.45) is 0 Å². The Labute approximate surface area is 90.9 Å². The first-order chi connectivity index (χ1) is 6.68. The van der Waals surface area contributed by atoms with E-state index in [0.717, 1.165) is 19.6 Å². The third kappa shape index (κ3) is 4.74. The van der Waals surface area contributed by atoms with Crippen molar-refractivity contribution in [1.82, 2.24) is 10.2 Å². The molecule has 1 aromatic heterocycles. The van der Waals surface area contributed by atoms with Crippen LogP contribution >= 0.6 is 11.3 Å². The lowest BCUT2D eigenvalue weighted by molar-refractivity contribution is 0.320. The van der Waals surface area contributed by atoms with Gasteiger partial charge in [0.25, 0.3) is 0 Å². The van der Waals surface area contributed by atoms with Crippen molar-refractivity contribution in [2.45, 2.75) is 26.4 Å². The molecule has 0 fully saturated rings. The summed E-state index contributed by atoms with van der Waals surface area (Å²) in [6, 6.07) is 2.78. The van der Waals surface area contributed by atoms with Crippen molar-refractivity contribution in [3.8, 4) is 0 Å². The van der Waals surface area contributed by atoms with Gasteiger partial charge >= 0.3 is 0 Å². The summed E-state index contributed by atoms with van der Waals surface area (Å²) >= 11 is 1.77. The van der Waals surface area contributed by atoms with Crippen molar-refractivity contribution in [3.63, 3.8) is 0 Å². The molecule has 0 atom stereocenters. The van der Waals surface area contributed by atoms with Crippen LogP contribution in [0.1, 0.15) is 19.4 Å². The van der Waals surface area contributed by atoms with E-state index in [1.807, 2.05) is 0 Å². The Bertz CT molecular complexity index is 231. The van der Waals surface area contributed by atoms with Gasteiger partial charge in [-0.2, -0.15) is 11.3 Å².